The van der Waals surface area contributed by atoms with Crippen molar-refractivity contribution in [3.05, 3.63) is 46.9 Å². The number of fused-ring (bicyclic) bond motifs is 2. The largest absolute Gasteiger partial charge is 0.355 e. The molecule has 0 atom stereocenters. The number of hydrogen-bond donors (Lipinski definition) is 3. The third-order valence-corrected chi connectivity index (χ3v) is 6.48. The Kier molecular flexibility index (Phi) is 4.44. The molecule has 1 saturated carbocycles. The van der Waals surface area contributed by atoms with Gasteiger partial charge in [0.2, 0.25) is 0 Å². The number of para-hydroxylation sites is 2. The first-order valence-corrected chi connectivity index (χ1v) is 11.1. The second-order valence-electron chi connectivity index (χ2n) is 8.67. The molecule has 2 aliphatic rings. The Labute approximate surface area is 183 Å². The van der Waals surface area contributed by atoms with E-state index in [1.165, 1.54) is 19.2 Å². The van der Waals surface area contributed by atoms with E-state index in [-0.39, 0.29) is 23.5 Å². The molecule has 1 saturated heterocycles. The number of benzene rings is 1. The summed E-state index contributed by atoms with van der Waals surface area (Å²) < 4.78 is 1.87. The number of imidazole rings is 2. The molecule has 164 valence electrons. The molecule has 4 heterocycles. The van der Waals surface area contributed by atoms with Crippen molar-refractivity contribution >= 4 is 33.9 Å². The first-order chi connectivity index (χ1) is 15.7. The van der Waals surface area contributed by atoms with Crippen LogP contribution in [0.25, 0.3) is 22.2 Å². The maximum absolute atomic E-state index is 12.6. The average Bonchev–Trinajstić information content (AvgIpc) is 3.44. The summed E-state index contributed by atoms with van der Waals surface area (Å²) in [6.45, 7) is 2.16. The van der Waals surface area contributed by atoms with E-state index >= 15 is 0 Å². The lowest BCUT2D eigenvalue weighted by atomic mass is 10.0. The number of amides is 1. The zero-order valence-corrected chi connectivity index (χ0v) is 17.5. The van der Waals surface area contributed by atoms with Crippen molar-refractivity contribution in [1.29, 1.82) is 0 Å². The molecule has 6 rings (SSSR count). The van der Waals surface area contributed by atoms with Crippen molar-refractivity contribution in [2.75, 3.05) is 24.5 Å². The molecule has 1 aromatic carbocycles. The van der Waals surface area contributed by atoms with Crippen molar-refractivity contribution in [1.82, 2.24) is 34.8 Å². The van der Waals surface area contributed by atoms with Gasteiger partial charge in [-0.25, -0.2) is 19.7 Å². The van der Waals surface area contributed by atoms with Crippen LogP contribution in [-0.4, -0.2) is 55.0 Å². The van der Waals surface area contributed by atoms with Crippen molar-refractivity contribution in [2.24, 2.45) is 5.92 Å². The number of rotatable bonds is 5. The monoisotopic (exact) mass is 432 g/mol. The molecule has 0 spiro atoms. The van der Waals surface area contributed by atoms with Crippen LogP contribution in [0, 0.1) is 5.92 Å². The van der Waals surface area contributed by atoms with Gasteiger partial charge in [-0.15, -0.1) is 0 Å². The molecule has 10 heteroatoms. The number of carbonyl (C=O) groups is 1. The molecule has 0 unspecified atom stereocenters. The van der Waals surface area contributed by atoms with E-state index in [0.29, 0.717) is 23.6 Å². The smallest absolute Gasteiger partial charge is 0.326 e. The lowest BCUT2D eigenvalue weighted by molar-refractivity contribution is 0.0942. The fourth-order valence-corrected chi connectivity index (χ4v) is 4.57. The van der Waals surface area contributed by atoms with Crippen LogP contribution in [0.5, 0.6) is 0 Å². The van der Waals surface area contributed by atoms with Crippen LogP contribution in [0.15, 0.2) is 35.4 Å². The second-order valence-corrected chi connectivity index (χ2v) is 8.67. The van der Waals surface area contributed by atoms with Gasteiger partial charge in [-0.3, -0.25) is 9.36 Å². The summed E-state index contributed by atoms with van der Waals surface area (Å²) in [5.74, 6) is 1.38. The molecular weight excluding hydrogens is 408 g/mol. The topological polar surface area (TPSA) is 125 Å². The minimum atomic E-state index is -0.210. The molecule has 1 aliphatic heterocycles. The van der Waals surface area contributed by atoms with E-state index in [4.69, 9.17) is 0 Å². The van der Waals surface area contributed by atoms with Crippen molar-refractivity contribution in [2.45, 2.75) is 31.7 Å². The quantitative estimate of drug-likeness (QED) is 0.443. The van der Waals surface area contributed by atoms with Gasteiger partial charge in [0, 0.05) is 25.7 Å². The predicted octanol–water partition coefficient (Wildman–Crippen LogP) is 1.98. The van der Waals surface area contributed by atoms with E-state index in [9.17, 15) is 9.59 Å². The highest BCUT2D eigenvalue weighted by Crippen LogP contribution is 2.30. The Bertz CT molecular complexity index is 1360. The summed E-state index contributed by atoms with van der Waals surface area (Å²) in [4.78, 5) is 46.4. The Morgan fingerprint density at radius 1 is 1.09 bits per heavy atom. The number of aromatic nitrogens is 6. The SMILES string of the molecule is O=C(NCC1CC1)c1nc2c(N3CCC(n4c(=O)[nH]c5ccccc54)CC3)ncnc2[nH]1. The molecule has 3 N–H and O–H groups in total. The van der Waals surface area contributed by atoms with Gasteiger partial charge in [0.25, 0.3) is 5.91 Å². The fourth-order valence-electron chi connectivity index (χ4n) is 4.57. The predicted molar refractivity (Wildman–Crippen MR) is 120 cm³/mol. The standard InChI is InChI=1S/C22H24N8O2/c31-21(23-11-13-5-6-13)19-27-17-18(28-19)24-12-25-20(17)29-9-7-14(8-10-29)30-16-4-2-1-3-15(16)26-22(30)32/h1-4,12-14H,5-11H2,(H,23,31)(H,26,32)(H,24,25,27,28). The van der Waals surface area contributed by atoms with Crippen LogP contribution in [-0.2, 0) is 0 Å². The maximum atomic E-state index is 12.6. The second kappa shape index (κ2) is 7.47. The molecule has 3 aromatic heterocycles. The van der Waals surface area contributed by atoms with Gasteiger partial charge in [-0.2, -0.15) is 0 Å². The van der Waals surface area contributed by atoms with Crippen LogP contribution in [0.4, 0.5) is 5.82 Å². The molecule has 1 amide bonds. The van der Waals surface area contributed by atoms with E-state index in [2.05, 4.69) is 35.1 Å². The number of nitrogens with zero attached hydrogens (tertiary/aromatic N) is 5. The minimum Gasteiger partial charge on any atom is -0.355 e. The normalized spacial score (nSPS) is 17.3. The summed E-state index contributed by atoms with van der Waals surface area (Å²) in [5.41, 5.74) is 2.90. The number of H-pyrrole nitrogens is 2. The molecule has 4 aromatic rings. The van der Waals surface area contributed by atoms with Crippen molar-refractivity contribution in [3.63, 3.8) is 0 Å². The maximum Gasteiger partial charge on any atom is 0.326 e. The first-order valence-electron chi connectivity index (χ1n) is 11.1. The highest BCUT2D eigenvalue weighted by atomic mass is 16.2. The van der Waals surface area contributed by atoms with Gasteiger partial charge >= 0.3 is 5.69 Å². The molecule has 2 fully saturated rings. The van der Waals surface area contributed by atoms with Gasteiger partial charge in [0.1, 0.15) is 6.33 Å². The minimum absolute atomic E-state index is 0.0665. The van der Waals surface area contributed by atoms with Gasteiger partial charge in [-0.05, 0) is 43.7 Å². The summed E-state index contributed by atoms with van der Waals surface area (Å²) in [5, 5.41) is 2.93. The molecule has 1 aliphatic carbocycles. The zero-order chi connectivity index (χ0) is 21.7. The highest BCUT2D eigenvalue weighted by Gasteiger charge is 2.27. The molecule has 0 radical (unpaired) electrons. The Morgan fingerprint density at radius 2 is 1.91 bits per heavy atom. The fraction of sp³-hybridized carbons (Fsp3) is 0.409. The average molecular weight is 432 g/mol. The van der Waals surface area contributed by atoms with Gasteiger partial charge < -0.3 is 20.2 Å². The van der Waals surface area contributed by atoms with Gasteiger partial charge in [0.15, 0.2) is 22.8 Å². The number of carbonyl (C=O) groups excluding carboxylic acids is 1. The summed E-state index contributed by atoms with van der Waals surface area (Å²) >= 11 is 0. The van der Waals surface area contributed by atoms with E-state index in [1.54, 1.807) is 0 Å². The van der Waals surface area contributed by atoms with Gasteiger partial charge in [0.05, 0.1) is 11.0 Å². The van der Waals surface area contributed by atoms with E-state index < -0.39 is 0 Å². The van der Waals surface area contributed by atoms with Gasteiger partial charge in [-0.1, -0.05) is 12.1 Å². The number of aromatic amines is 2. The van der Waals surface area contributed by atoms with Crippen LogP contribution >= 0.6 is 0 Å². The number of anilines is 1. The summed E-state index contributed by atoms with van der Waals surface area (Å²) in [6, 6.07) is 7.91. The number of nitrogens with one attached hydrogen (secondary N) is 3. The molecule has 32 heavy (non-hydrogen) atoms. The molecule has 0 bridgehead atoms. The van der Waals surface area contributed by atoms with Crippen LogP contribution in [0.1, 0.15) is 42.3 Å². The van der Waals surface area contributed by atoms with Crippen LogP contribution in [0.3, 0.4) is 0 Å². The lowest BCUT2D eigenvalue weighted by Gasteiger charge is -2.33. The Balaban J connectivity index is 1.22. The first kappa shape index (κ1) is 19.0. The Morgan fingerprint density at radius 3 is 2.72 bits per heavy atom. The van der Waals surface area contributed by atoms with Crippen LogP contribution in [0.2, 0.25) is 0 Å². The van der Waals surface area contributed by atoms with Crippen molar-refractivity contribution in [3.8, 4) is 0 Å². The third-order valence-electron chi connectivity index (χ3n) is 6.48. The number of piperidine rings is 1. The molecule has 10 nitrogen and oxygen atoms in total. The zero-order valence-electron chi connectivity index (χ0n) is 17.5. The highest BCUT2D eigenvalue weighted by molar-refractivity contribution is 5.95. The summed E-state index contributed by atoms with van der Waals surface area (Å²) in [7, 11) is 0. The van der Waals surface area contributed by atoms with Crippen molar-refractivity contribution < 1.29 is 4.79 Å². The molecular formula is C22H24N8O2. The van der Waals surface area contributed by atoms with Crippen LogP contribution < -0.4 is 15.9 Å². The Hall–Kier alpha value is -3.69. The summed E-state index contributed by atoms with van der Waals surface area (Å²) in [6.07, 6.45) is 5.48. The third kappa shape index (κ3) is 3.31. The van der Waals surface area contributed by atoms with E-state index in [1.807, 2.05) is 28.8 Å². The number of hydrogen-bond acceptors (Lipinski definition) is 6. The van der Waals surface area contributed by atoms with E-state index in [0.717, 1.165) is 42.8 Å². The lowest BCUT2D eigenvalue weighted by Crippen LogP contribution is -2.37.